The molecule has 0 aromatic heterocycles. The summed E-state index contributed by atoms with van der Waals surface area (Å²) in [6, 6.07) is 5.87. The molecule has 0 unspecified atom stereocenters. The highest BCUT2D eigenvalue weighted by Gasteiger charge is 2.17. The third-order valence-electron chi connectivity index (χ3n) is 2.52. The molecule has 0 aliphatic heterocycles. The molecule has 0 radical (unpaired) electrons. The Morgan fingerprint density at radius 1 is 1.33 bits per heavy atom. The van der Waals surface area contributed by atoms with Gasteiger partial charge in [-0.3, -0.25) is 0 Å². The first-order valence-corrected chi connectivity index (χ1v) is 7.11. The summed E-state index contributed by atoms with van der Waals surface area (Å²) in [4.78, 5) is 0. The molecule has 1 aromatic carbocycles. The molecule has 1 aromatic rings. The topological polar surface area (TPSA) is 53.2 Å². The second kappa shape index (κ2) is 6.55. The number of benzene rings is 1. The molecule has 0 amide bonds. The molecule has 0 saturated carbocycles. The van der Waals surface area contributed by atoms with Gasteiger partial charge in [0.05, 0.1) is 33.6 Å². The van der Waals surface area contributed by atoms with Crippen LogP contribution in [0.3, 0.4) is 0 Å². The molecule has 0 heterocycles. The summed E-state index contributed by atoms with van der Waals surface area (Å²) in [7, 11) is 0. The van der Waals surface area contributed by atoms with Crippen LogP contribution in [0.1, 0.15) is 25.8 Å². The highest BCUT2D eigenvalue weighted by atomic mass is 79.9. The molecular formula is C13H15Br2NO2. The maximum atomic E-state index is 9.07. The van der Waals surface area contributed by atoms with E-state index < -0.39 is 0 Å². The van der Waals surface area contributed by atoms with Crippen LogP contribution >= 0.6 is 31.9 Å². The summed E-state index contributed by atoms with van der Waals surface area (Å²) in [5.41, 5.74) is 0.419. The molecule has 0 aliphatic carbocycles. The standard InChI is InChI=1S/C13H15Br2NO2/c1-13(2,8-16)3-4-18-12-10(14)5-9(7-17)6-11(12)15/h5-6,17H,3-4,7H2,1-2H3. The van der Waals surface area contributed by atoms with E-state index in [0.29, 0.717) is 18.8 Å². The average molecular weight is 377 g/mol. The first-order chi connectivity index (χ1) is 8.39. The minimum absolute atomic E-state index is 0.0149. The van der Waals surface area contributed by atoms with E-state index in [1.165, 1.54) is 0 Å². The van der Waals surface area contributed by atoms with Crippen LogP contribution in [0.2, 0.25) is 0 Å². The van der Waals surface area contributed by atoms with Crippen LogP contribution in [0, 0.1) is 16.7 Å². The number of nitrogens with zero attached hydrogens (tertiary/aromatic N) is 1. The Morgan fingerprint density at radius 3 is 2.33 bits per heavy atom. The number of hydrogen-bond acceptors (Lipinski definition) is 3. The van der Waals surface area contributed by atoms with E-state index in [1.54, 1.807) is 0 Å². The van der Waals surface area contributed by atoms with E-state index in [-0.39, 0.29) is 12.0 Å². The maximum Gasteiger partial charge on any atom is 0.147 e. The zero-order valence-electron chi connectivity index (χ0n) is 10.3. The zero-order chi connectivity index (χ0) is 13.8. The number of ether oxygens (including phenoxy) is 1. The van der Waals surface area contributed by atoms with Gasteiger partial charge in [0.25, 0.3) is 0 Å². The van der Waals surface area contributed by atoms with E-state index in [9.17, 15) is 0 Å². The van der Waals surface area contributed by atoms with Gasteiger partial charge in [-0.15, -0.1) is 0 Å². The highest BCUT2D eigenvalue weighted by Crippen LogP contribution is 2.35. The minimum Gasteiger partial charge on any atom is -0.491 e. The Balaban J connectivity index is 2.72. The molecule has 0 bridgehead atoms. The van der Waals surface area contributed by atoms with Crippen LogP contribution in [0.15, 0.2) is 21.1 Å². The molecule has 18 heavy (non-hydrogen) atoms. The summed E-state index contributed by atoms with van der Waals surface area (Å²) in [5, 5.41) is 18.0. The first kappa shape index (κ1) is 15.5. The van der Waals surface area contributed by atoms with Crippen molar-refractivity contribution in [1.29, 1.82) is 5.26 Å². The summed E-state index contributed by atoms with van der Waals surface area (Å²) in [6.07, 6.45) is 0.657. The average Bonchev–Trinajstić information content (AvgIpc) is 2.32. The second-order valence-corrected chi connectivity index (χ2v) is 6.35. The lowest BCUT2D eigenvalue weighted by molar-refractivity contribution is 0.260. The third kappa shape index (κ3) is 4.27. The van der Waals surface area contributed by atoms with Gasteiger partial charge in [0.1, 0.15) is 5.75 Å². The molecule has 0 aliphatic rings. The number of aliphatic hydroxyl groups is 1. The van der Waals surface area contributed by atoms with Crippen molar-refractivity contribution in [1.82, 2.24) is 0 Å². The normalized spacial score (nSPS) is 11.1. The van der Waals surface area contributed by atoms with Gasteiger partial charge in [0.15, 0.2) is 0 Å². The molecule has 0 saturated heterocycles. The lowest BCUT2D eigenvalue weighted by Gasteiger charge is -2.17. The van der Waals surface area contributed by atoms with Crippen LogP contribution in [-0.2, 0) is 6.61 Å². The minimum atomic E-state index is -0.385. The summed E-state index contributed by atoms with van der Waals surface area (Å²) in [5.74, 6) is 0.695. The first-order valence-electron chi connectivity index (χ1n) is 5.52. The van der Waals surface area contributed by atoms with Gasteiger partial charge in [-0.1, -0.05) is 0 Å². The quantitative estimate of drug-likeness (QED) is 0.844. The predicted molar refractivity (Wildman–Crippen MR) is 77.3 cm³/mol. The molecular weight excluding hydrogens is 362 g/mol. The largest absolute Gasteiger partial charge is 0.491 e. The van der Waals surface area contributed by atoms with Gasteiger partial charge in [-0.25, -0.2) is 0 Å². The van der Waals surface area contributed by atoms with Crippen LogP contribution < -0.4 is 4.74 Å². The second-order valence-electron chi connectivity index (χ2n) is 4.64. The Morgan fingerprint density at radius 2 is 1.89 bits per heavy atom. The van der Waals surface area contributed by atoms with Gasteiger partial charge in [0.2, 0.25) is 0 Å². The van der Waals surface area contributed by atoms with Gasteiger partial charge >= 0.3 is 0 Å². The Kier molecular flexibility index (Phi) is 5.64. The summed E-state index contributed by atoms with van der Waals surface area (Å²) >= 11 is 6.81. The van der Waals surface area contributed by atoms with Crippen molar-refractivity contribution in [3.63, 3.8) is 0 Å². The van der Waals surface area contributed by atoms with E-state index in [0.717, 1.165) is 14.5 Å². The molecule has 3 nitrogen and oxygen atoms in total. The van der Waals surface area contributed by atoms with Crippen molar-refractivity contribution in [3.05, 3.63) is 26.6 Å². The number of hydrogen-bond donors (Lipinski definition) is 1. The summed E-state index contributed by atoms with van der Waals surface area (Å²) in [6.45, 7) is 4.22. The smallest absolute Gasteiger partial charge is 0.147 e. The summed E-state index contributed by atoms with van der Waals surface area (Å²) < 4.78 is 7.25. The fourth-order valence-electron chi connectivity index (χ4n) is 1.31. The van der Waals surface area contributed by atoms with E-state index in [4.69, 9.17) is 15.1 Å². The van der Waals surface area contributed by atoms with Crippen molar-refractivity contribution in [2.45, 2.75) is 26.9 Å². The maximum absolute atomic E-state index is 9.07. The van der Waals surface area contributed by atoms with E-state index in [1.807, 2.05) is 26.0 Å². The fourth-order valence-corrected chi connectivity index (χ4v) is 2.82. The van der Waals surface area contributed by atoms with Crippen molar-refractivity contribution in [2.75, 3.05) is 6.61 Å². The van der Waals surface area contributed by atoms with Crippen LogP contribution in [0.5, 0.6) is 5.75 Å². The van der Waals surface area contributed by atoms with Gasteiger partial charge in [-0.2, -0.15) is 5.26 Å². The molecule has 0 spiro atoms. The van der Waals surface area contributed by atoms with Gasteiger partial charge < -0.3 is 9.84 Å². The highest BCUT2D eigenvalue weighted by molar-refractivity contribution is 9.11. The van der Waals surface area contributed by atoms with E-state index >= 15 is 0 Å². The van der Waals surface area contributed by atoms with Crippen LogP contribution in [0.4, 0.5) is 0 Å². The SMILES string of the molecule is CC(C)(C#N)CCOc1c(Br)cc(CO)cc1Br. The molecule has 1 N–H and O–H groups in total. The monoisotopic (exact) mass is 375 g/mol. The van der Waals surface area contributed by atoms with Crippen LogP contribution in [0.25, 0.3) is 0 Å². The Bertz CT molecular complexity index is 444. The lowest BCUT2D eigenvalue weighted by atomic mass is 9.92. The fraction of sp³-hybridized carbons (Fsp3) is 0.462. The Labute approximate surface area is 124 Å². The molecule has 5 heteroatoms. The number of aliphatic hydroxyl groups excluding tert-OH is 1. The van der Waals surface area contributed by atoms with Crippen molar-refractivity contribution in [2.24, 2.45) is 5.41 Å². The molecule has 98 valence electrons. The zero-order valence-corrected chi connectivity index (χ0v) is 13.5. The molecule has 0 atom stereocenters. The molecule has 0 fully saturated rings. The Hall–Kier alpha value is -0.570. The van der Waals surface area contributed by atoms with Crippen molar-refractivity contribution in [3.8, 4) is 11.8 Å². The van der Waals surface area contributed by atoms with Crippen molar-refractivity contribution >= 4 is 31.9 Å². The van der Waals surface area contributed by atoms with Crippen molar-refractivity contribution < 1.29 is 9.84 Å². The number of halogens is 2. The molecule has 1 rings (SSSR count). The lowest BCUT2D eigenvalue weighted by Crippen LogP contribution is -2.13. The van der Waals surface area contributed by atoms with E-state index in [2.05, 4.69) is 37.9 Å². The van der Waals surface area contributed by atoms with Gasteiger partial charge in [-0.05, 0) is 69.8 Å². The number of rotatable bonds is 5. The predicted octanol–water partition coefficient (Wildman–Crippen LogP) is 4.02. The van der Waals surface area contributed by atoms with Gasteiger partial charge in [0, 0.05) is 0 Å². The van der Waals surface area contributed by atoms with Crippen LogP contribution in [-0.4, -0.2) is 11.7 Å². The number of nitriles is 1. The third-order valence-corrected chi connectivity index (χ3v) is 3.69.